The molecule has 1 aliphatic rings. The molecule has 5 nitrogen and oxygen atoms in total. The Labute approximate surface area is 76.7 Å². The van der Waals surface area contributed by atoms with Crippen LogP contribution in [0.25, 0.3) is 0 Å². The Hall–Kier alpha value is -1.26. The fourth-order valence-electron chi connectivity index (χ4n) is 1.49. The van der Waals surface area contributed by atoms with Crippen molar-refractivity contribution in [2.45, 2.75) is 25.8 Å². The Kier molecular flexibility index (Phi) is 3.11. The maximum absolute atomic E-state index is 11.2. The normalized spacial score (nSPS) is 21.8. The molecule has 1 aliphatic heterocycles. The Balaban J connectivity index is 2.53. The van der Waals surface area contributed by atoms with Gasteiger partial charge in [-0.2, -0.15) is 0 Å². The zero-order valence-electron chi connectivity index (χ0n) is 7.62. The van der Waals surface area contributed by atoms with Gasteiger partial charge < -0.3 is 15.3 Å². The highest BCUT2D eigenvalue weighted by Crippen LogP contribution is 2.10. The molecule has 0 radical (unpaired) electrons. The van der Waals surface area contributed by atoms with Gasteiger partial charge in [0.1, 0.15) is 0 Å². The largest absolute Gasteiger partial charge is 0.481 e. The molecule has 5 heteroatoms. The molecular weight excluding hydrogens is 172 g/mol. The van der Waals surface area contributed by atoms with E-state index >= 15 is 0 Å². The minimum Gasteiger partial charge on any atom is -0.481 e. The zero-order valence-corrected chi connectivity index (χ0v) is 7.62. The third-order valence-corrected chi connectivity index (χ3v) is 2.07. The van der Waals surface area contributed by atoms with Gasteiger partial charge in [-0.15, -0.1) is 0 Å². The van der Waals surface area contributed by atoms with Crippen molar-refractivity contribution in [3.63, 3.8) is 0 Å². The Bertz CT molecular complexity index is 217. The van der Waals surface area contributed by atoms with E-state index in [9.17, 15) is 9.59 Å². The van der Waals surface area contributed by atoms with Crippen LogP contribution in [-0.4, -0.2) is 41.1 Å². The number of aliphatic carboxylic acids is 1. The zero-order chi connectivity index (χ0) is 9.84. The van der Waals surface area contributed by atoms with Gasteiger partial charge in [-0.3, -0.25) is 4.79 Å². The van der Waals surface area contributed by atoms with E-state index in [1.54, 1.807) is 4.90 Å². The molecule has 0 aromatic rings. The van der Waals surface area contributed by atoms with Crippen LogP contribution >= 0.6 is 0 Å². The molecule has 1 heterocycles. The minimum absolute atomic E-state index is 0.0265. The highest BCUT2D eigenvalue weighted by molar-refractivity contribution is 5.78. The molecule has 0 aromatic carbocycles. The van der Waals surface area contributed by atoms with Crippen LogP contribution in [0.3, 0.4) is 0 Å². The molecular formula is C8H14N2O3. The van der Waals surface area contributed by atoms with Gasteiger partial charge >= 0.3 is 12.0 Å². The summed E-state index contributed by atoms with van der Waals surface area (Å²) in [7, 11) is 0. The maximum Gasteiger partial charge on any atom is 0.317 e. The van der Waals surface area contributed by atoms with Gasteiger partial charge in [0, 0.05) is 13.1 Å². The van der Waals surface area contributed by atoms with Crippen LogP contribution in [0, 0.1) is 0 Å². The van der Waals surface area contributed by atoms with Crippen molar-refractivity contribution in [1.82, 2.24) is 10.2 Å². The molecule has 2 amide bonds. The van der Waals surface area contributed by atoms with Gasteiger partial charge in [-0.1, -0.05) is 6.92 Å². The number of carboxylic acids is 1. The molecule has 1 atom stereocenters. The number of nitrogens with zero attached hydrogens (tertiary/aromatic N) is 1. The molecule has 1 saturated heterocycles. The molecule has 1 unspecified atom stereocenters. The summed E-state index contributed by atoms with van der Waals surface area (Å²) >= 11 is 0. The topological polar surface area (TPSA) is 69.6 Å². The number of rotatable bonds is 4. The molecule has 74 valence electrons. The van der Waals surface area contributed by atoms with Gasteiger partial charge in [-0.05, 0) is 6.42 Å². The van der Waals surface area contributed by atoms with Crippen LogP contribution in [0.1, 0.15) is 19.8 Å². The molecule has 2 N–H and O–H groups in total. The fraction of sp³-hybridized carbons (Fsp3) is 0.750. The standard InChI is InChI=1S/C8H14N2O3/c1-2-3-10-6(4-7(11)12)5-9-8(10)13/h6H,2-5H2,1H3,(H,9,13)(H,11,12). The second-order valence-corrected chi connectivity index (χ2v) is 3.13. The van der Waals surface area contributed by atoms with Crippen molar-refractivity contribution < 1.29 is 14.7 Å². The third kappa shape index (κ3) is 2.34. The van der Waals surface area contributed by atoms with Crippen LogP contribution in [0.15, 0.2) is 0 Å². The van der Waals surface area contributed by atoms with Crippen molar-refractivity contribution in [1.29, 1.82) is 0 Å². The van der Waals surface area contributed by atoms with E-state index in [1.165, 1.54) is 0 Å². The summed E-state index contributed by atoms with van der Waals surface area (Å²) in [6.07, 6.45) is 0.877. The van der Waals surface area contributed by atoms with Crippen molar-refractivity contribution in [2.75, 3.05) is 13.1 Å². The highest BCUT2D eigenvalue weighted by atomic mass is 16.4. The quantitative estimate of drug-likeness (QED) is 0.661. The molecule has 0 aromatic heterocycles. The Morgan fingerprint density at radius 2 is 2.46 bits per heavy atom. The second kappa shape index (κ2) is 4.11. The number of amides is 2. The highest BCUT2D eigenvalue weighted by Gasteiger charge is 2.31. The predicted octanol–water partition coefficient (Wildman–Crippen LogP) is 0.265. The summed E-state index contributed by atoms with van der Waals surface area (Å²) in [5.41, 5.74) is 0. The monoisotopic (exact) mass is 186 g/mol. The van der Waals surface area contributed by atoms with E-state index in [1.807, 2.05) is 6.92 Å². The van der Waals surface area contributed by atoms with E-state index in [4.69, 9.17) is 5.11 Å². The lowest BCUT2D eigenvalue weighted by molar-refractivity contribution is -0.137. The maximum atomic E-state index is 11.2. The van der Waals surface area contributed by atoms with Gasteiger partial charge in [0.2, 0.25) is 0 Å². The van der Waals surface area contributed by atoms with Crippen LogP contribution in [0.2, 0.25) is 0 Å². The SMILES string of the molecule is CCCN1C(=O)NCC1CC(=O)O. The number of hydrogen-bond donors (Lipinski definition) is 2. The number of carbonyl (C=O) groups is 2. The summed E-state index contributed by atoms with van der Waals surface area (Å²) in [6, 6.07) is -0.321. The molecule has 0 saturated carbocycles. The number of carbonyl (C=O) groups excluding carboxylic acids is 1. The van der Waals surface area contributed by atoms with Gasteiger partial charge in [-0.25, -0.2) is 4.79 Å². The Morgan fingerprint density at radius 3 is 3.00 bits per heavy atom. The average Bonchev–Trinajstić information content (AvgIpc) is 2.35. The predicted molar refractivity (Wildman–Crippen MR) is 46.4 cm³/mol. The van der Waals surface area contributed by atoms with Crippen LogP contribution in [-0.2, 0) is 4.79 Å². The van der Waals surface area contributed by atoms with Crippen molar-refractivity contribution in [2.24, 2.45) is 0 Å². The number of urea groups is 1. The van der Waals surface area contributed by atoms with Crippen molar-refractivity contribution in [3.8, 4) is 0 Å². The summed E-state index contributed by atoms with van der Waals surface area (Å²) in [6.45, 7) is 3.04. The lowest BCUT2D eigenvalue weighted by Gasteiger charge is -2.20. The van der Waals surface area contributed by atoms with Crippen LogP contribution < -0.4 is 5.32 Å². The number of nitrogens with one attached hydrogen (secondary N) is 1. The molecule has 0 spiro atoms. The summed E-state index contributed by atoms with van der Waals surface area (Å²) in [5, 5.41) is 11.2. The first-order valence-electron chi connectivity index (χ1n) is 4.41. The molecule has 1 fully saturated rings. The average molecular weight is 186 g/mol. The smallest absolute Gasteiger partial charge is 0.317 e. The first-order chi connectivity index (χ1) is 6.15. The molecule has 13 heavy (non-hydrogen) atoms. The van der Waals surface area contributed by atoms with E-state index in [-0.39, 0.29) is 18.5 Å². The fourth-order valence-corrected chi connectivity index (χ4v) is 1.49. The van der Waals surface area contributed by atoms with Gasteiger partial charge in [0.15, 0.2) is 0 Å². The van der Waals surface area contributed by atoms with Crippen LogP contribution in [0.5, 0.6) is 0 Å². The van der Waals surface area contributed by atoms with Crippen molar-refractivity contribution in [3.05, 3.63) is 0 Å². The second-order valence-electron chi connectivity index (χ2n) is 3.13. The van der Waals surface area contributed by atoms with Crippen molar-refractivity contribution >= 4 is 12.0 Å². The summed E-state index contributed by atoms with van der Waals surface area (Å²) in [5.74, 6) is -0.859. The van der Waals surface area contributed by atoms with E-state index in [2.05, 4.69) is 5.32 Å². The van der Waals surface area contributed by atoms with Gasteiger partial charge in [0.25, 0.3) is 0 Å². The first-order valence-corrected chi connectivity index (χ1v) is 4.41. The van der Waals surface area contributed by atoms with E-state index in [0.717, 1.165) is 6.42 Å². The van der Waals surface area contributed by atoms with Crippen LogP contribution in [0.4, 0.5) is 4.79 Å². The Morgan fingerprint density at radius 1 is 1.77 bits per heavy atom. The number of carboxylic acid groups (broad SMARTS) is 1. The first kappa shape index (κ1) is 9.83. The van der Waals surface area contributed by atoms with E-state index in [0.29, 0.717) is 13.1 Å². The summed E-state index contributed by atoms with van der Waals surface area (Å²) < 4.78 is 0. The molecule has 0 aliphatic carbocycles. The lowest BCUT2D eigenvalue weighted by atomic mass is 10.2. The lowest BCUT2D eigenvalue weighted by Crippen LogP contribution is -2.36. The van der Waals surface area contributed by atoms with Gasteiger partial charge in [0.05, 0.1) is 12.5 Å². The van der Waals surface area contributed by atoms with E-state index < -0.39 is 5.97 Å². The molecule has 1 rings (SSSR count). The summed E-state index contributed by atoms with van der Waals surface area (Å²) in [4.78, 5) is 23.2. The third-order valence-electron chi connectivity index (χ3n) is 2.07. The minimum atomic E-state index is -0.859. The number of hydrogen-bond acceptors (Lipinski definition) is 2. The molecule has 0 bridgehead atoms.